The molecule has 15 heteroatoms. The molecule has 0 saturated heterocycles. The van der Waals surface area contributed by atoms with Crippen molar-refractivity contribution in [3.63, 3.8) is 0 Å². The van der Waals surface area contributed by atoms with Crippen LogP contribution in [0, 0.1) is 11.3 Å². The number of methoxy groups -OCH3 is 1. The van der Waals surface area contributed by atoms with Gasteiger partial charge in [-0.05, 0) is 42.9 Å². The maximum Gasteiger partial charge on any atom is 0.273 e. The van der Waals surface area contributed by atoms with Gasteiger partial charge >= 0.3 is 0 Å². The highest BCUT2D eigenvalue weighted by molar-refractivity contribution is 7.07. The maximum atomic E-state index is 14.1. The van der Waals surface area contributed by atoms with E-state index in [4.69, 9.17) is 9.47 Å². The van der Waals surface area contributed by atoms with Gasteiger partial charge in [-0.15, -0.1) is 11.3 Å². The Bertz CT molecular complexity index is 1480. The second kappa shape index (κ2) is 15.7. The summed E-state index contributed by atoms with van der Waals surface area (Å²) in [5, 5.41) is 14.7. The summed E-state index contributed by atoms with van der Waals surface area (Å²) in [5.41, 5.74) is 1.78. The largest absolute Gasteiger partial charge is 0.493 e. The van der Waals surface area contributed by atoms with Gasteiger partial charge in [-0.3, -0.25) is 23.9 Å². The van der Waals surface area contributed by atoms with Crippen LogP contribution in [0.4, 0.5) is 0 Å². The number of carbonyl (C=O) groups is 4. The molecule has 1 aromatic carbocycles. The van der Waals surface area contributed by atoms with Crippen molar-refractivity contribution in [2.24, 2.45) is 11.3 Å². The summed E-state index contributed by atoms with van der Waals surface area (Å²) >= 11 is 1.32. The molecule has 3 N–H and O–H groups in total. The summed E-state index contributed by atoms with van der Waals surface area (Å²) in [5.74, 6) is 0.199. The average Bonchev–Trinajstić information content (AvgIpc) is 3.44. The molecule has 46 heavy (non-hydrogen) atoms. The first-order chi connectivity index (χ1) is 22.3. The molecule has 2 bridgehead atoms. The van der Waals surface area contributed by atoms with Crippen LogP contribution in [-0.2, 0) is 27.3 Å². The lowest BCUT2D eigenvalue weighted by atomic mass is 9.75. The molecule has 14 nitrogen and oxygen atoms in total. The van der Waals surface area contributed by atoms with Crippen LogP contribution in [0.15, 0.2) is 41.7 Å². The number of aromatic nitrogens is 4. The molecule has 0 radical (unpaired) electrons. The van der Waals surface area contributed by atoms with Crippen molar-refractivity contribution < 1.29 is 28.7 Å². The van der Waals surface area contributed by atoms with Crippen LogP contribution < -0.4 is 25.4 Å². The zero-order valence-corrected chi connectivity index (χ0v) is 26.7. The first-order valence-electron chi connectivity index (χ1n) is 15.5. The standard InChI is InChI=1S/C31H40N8O6S/c1-44-25-7-6-23-13-26(25)45-16-28(41)33-8-11-38(29(42)24-17-46-21-36-24)10-2-3-27(40)35-18-31(15-23,14-22-4-5-22)30(43)34-9-12-39-20-32-19-37-39/h6-7,13,17,19-22H,2-5,8-12,14-16,18H2,1H3,(H,33,41)(H,34,43)(H,35,40). The van der Waals surface area contributed by atoms with E-state index in [1.807, 2.05) is 6.07 Å². The highest BCUT2D eigenvalue weighted by Crippen LogP contribution is 2.43. The SMILES string of the molecule is COc1ccc2cc1OCC(=O)NCCN(C(=O)c1cscn1)CCCC(=O)NCC(CC1CC1)(C(=O)NCCn1cncn1)C2. The summed E-state index contributed by atoms with van der Waals surface area (Å²) in [6.45, 7) is 1.43. The van der Waals surface area contributed by atoms with Crippen molar-refractivity contribution in [2.75, 3.05) is 46.4 Å². The number of nitrogens with zero attached hydrogens (tertiary/aromatic N) is 5. The van der Waals surface area contributed by atoms with E-state index in [9.17, 15) is 19.2 Å². The molecule has 1 atom stereocenters. The molecule has 3 aromatic rings. The van der Waals surface area contributed by atoms with Crippen molar-refractivity contribution in [1.82, 2.24) is 40.6 Å². The minimum Gasteiger partial charge on any atom is -0.493 e. The highest BCUT2D eigenvalue weighted by Gasteiger charge is 2.43. The normalized spacial score (nSPS) is 20.0. The van der Waals surface area contributed by atoms with Crippen LogP contribution in [0.2, 0.25) is 0 Å². The number of ether oxygens (including phenoxy) is 2. The van der Waals surface area contributed by atoms with Crippen LogP contribution in [0.1, 0.15) is 48.2 Å². The van der Waals surface area contributed by atoms with E-state index in [1.54, 1.807) is 38.9 Å². The molecule has 1 unspecified atom stereocenters. The minimum atomic E-state index is -0.944. The van der Waals surface area contributed by atoms with Gasteiger partial charge in [0.15, 0.2) is 18.1 Å². The molecule has 0 spiro atoms. The van der Waals surface area contributed by atoms with E-state index >= 15 is 0 Å². The summed E-state index contributed by atoms with van der Waals surface area (Å²) in [6.07, 6.45) is 6.59. The molecule has 1 saturated carbocycles. The molecule has 2 aromatic heterocycles. The molecule has 246 valence electrons. The van der Waals surface area contributed by atoms with Crippen LogP contribution in [0.5, 0.6) is 11.5 Å². The molecule has 5 rings (SSSR count). The van der Waals surface area contributed by atoms with E-state index in [0.717, 1.165) is 18.4 Å². The first-order valence-corrected chi connectivity index (χ1v) is 16.4. The average molecular weight is 653 g/mol. The number of rotatable bonds is 8. The topological polar surface area (TPSA) is 170 Å². The number of thiazole rings is 1. The van der Waals surface area contributed by atoms with E-state index in [1.165, 1.54) is 24.8 Å². The van der Waals surface area contributed by atoms with Gasteiger partial charge in [-0.1, -0.05) is 18.9 Å². The third-order valence-electron chi connectivity index (χ3n) is 8.18. The lowest BCUT2D eigenvalue weighted by molar-refractivity contribution is -0.132. The number of amides is 4. The minimum absolute atomic E-state index is 0.142. The molecule has 2 aliphatic rings. The van der Waals surface area contributed by atoms with Gasteiger partial charge in [-0.2, -0.15) is 5.10 Å². The van der Waals surface area contributed by atoms with Gasteiger partial charge < -0.3 is 30.3 Å². The molecular weight excluding hydrogens is 612 g/mol. The van der Waals surface area contributed by atoms with E-state index in [0.29, 0.717) is 62.0 Å². The molecule has 3 heterocycles. The van der Waals surface area contributed by atoms with Gasteiger partial charge in [0, 0.05) is 44.5 Å². The predicted octanol–water partition coefficient (Wildman–Crippen LogP) is 1.44. The second-order valence-electron chi connectivity index (χ2n) is 11.7. The van der Waals surface area contributed by atoms with Crippen molar-refractivity contribution >= 4 is 35.0 Å². The highest BCUT2D eigenvalue weighted by atomic mass is 32.1. The Morgan fingerprint density at radius 2 is 2.07 bits per heavy atom. The summed E-state index contributed by atoms with van der Waals surface area (Å²) < 4.78 is 13.0. The number of benzene rings is 1. The Morgan fingerprint density at radius 3 is 2.80 bits per heavy atom. The number of hydrogen-bond donors (Lipinski definition) is 3. The third-order valence-corrected chi connectivity index (χ3v) is 8.77. The molecule has 1 aliphatic heterocycles. The van der Waals surface area contributed by atoms with Gasteiger partial charge in [0.05, 0.1) is 24.6 Å². The van der Waals surface area contributed by atoms with Gasteiger partial charge in [0.25, 0.3) is 11.8 Å². The smallest absolute Gasteiger partial charge is 0.273 e. The first kappa shape index (κ1) is 32.9. The molecular formula is C31H40N8O6S. The number of carbonyl (C=O) groups excluding carboxylic acids is 4. The quantitative estimate of drug-likeness (QED) is 0.326. The summed E-state index contributed by atoms with van der Waals surface area (Å²) in [7, 11) is 1.52. The number of nitrogens with one attached hydrogen (secondary N) is 3. The Morgan fingerprint density at radius 1 is 1.20 bits per heavy atom. The fraction of sp³-hybridized carbons (Fsp3) is 0.516. The predicted molar refractivity (Wildman–Crippen MR) is 168 cm³/mol. The molecule has 1 aliphatic carbocycles. The third kappa shape index (κ3) is 9.02. The van der Waals surface area contributed by atoms with Crippen LogP contribution in [0.25, 0.3) is 0 Å². The zero-order chi connectivity index (χ0) is 32.4. The Hall–Kier alpha value is -4.53. The maximum absolute atomic E-state index is 14.1. The van der Waals surface area contributed by atoms with Crippen molar-refractivity contribution in [3.8, 4) is 11.5 Å². The molecule has 1 fully saturated rings. The van der Waals surface area contributed by atoms with Crippen molar-refractivity contribution in [3.05, 3.63) is 53.0 Å². The van der Waals surface area contributed by atoms with Crippen molar-refractivity contribution in [2.45, 2.75) is 45.1 Å². The Balaban J connectivity index is 1.39. The monoisotopic (exact) mass is 652 g/mol. The van der Waals surface area contributed by atoms with E-state index < -0.39 is 5.41 Å². The molecule has 4 amide bonds. The fourth-order valence-corrected chi connectivity index (χ4v) is 6.12. The van der Waals surface area contributed by atoms with Gasteiger partial charge in [0.2, 0.25) is 11.8 Å². The van der Waals surface area contributed by atoms with E-state index in [-0.39, 0.29) is 56.3 Å². The van der Waals surface area contributed by atoms with Crippen LogP contribution in [0.3, 0.4) is 0 Å². The van der Waals surface area contributed by atoms with E-state index in [2.05, 4.69) is 31.0 Å². The summed E-state index contributed by atoms with van der Waals surface area (Å²) in [6, 6.07) is 5.42. The van der Waals surface area contributed by atoms with Crippen LogP contribution in [-0.4, -0.2) is 94.7 Å². The fourth-order valence-electron chi connectivity index (χ4n) is 5.60. The van der Waals surface area contributed by atoms with Gasteiger partial charge in [0.1, 0.15) is 18.3 Å². The number of fused-ring (bicyclic) bond motifs is 2. The zero-order valence-electron chi connectivity index (χ0n) is 25.9. The van der Waals surface area contributed by atoms with Gasteiger partial charge in [-0.25, -0.2) is 9.97 Å². The Kier molecular flexibility index (Phi) is 11.2. The Labute approximate surface area is 271 Å². The van der Waals surface area contributed by atoms with Crippen LogP contribution >= 0.6 is 11.3 Å². The second-order valence-corrected chi connectivity index (χ2v) is 12.4. The lowest BCUT2D eigenvalue weighted by Gasteiger charge is -2.33. The number of hydrogen-bond acceptors (Lipinski definition) is 10. The summed E-state index contributed by atoms with van der Waals surface area (Å²) in [4.78, 5) is 62.8. The van der Waals surface area contributed by atoms with Crippen molar-refractivity contribution in [1.29, 1.82) is 0 Å². The lowest BCUT2D eigenvalue weighted by Crippen LogP contribution is -2.51.